The van der Waals surface area contributed by atoms with Crippen LogP contribution in [0.5, 0.6) is 0 Å². The molecular formula is C15H9Cl2FO2. The summed E-state index contributed by atoms with van der Waals surface area (Å²) in [5, 5.41) is 9.38. The summed E-state index contributed by atoms with van der Waals surface area (Å²) in [7, 11) is 0. The van der Waals surface area contributed by atoms with Gasteiger partial charge in [-0.15, -0.1) is 0 Å². The third kappa shape index (κ3) is 3.38. The minimum atomic E-state index is -1.09. The second kappa shape index (κ2) is 6.07. The van der Waals surface area contributed by atoms with Crippen molar-refractivity contribution >= 4 is 35.2 Å². The molecule has 2 nitrogen and oxygen atoms in total. The quantitative estimate of drug-likeness (QED) is 0.819. The Morgan fingerprint density at radius 2 is 1.85 bits per heavy atom. The van der Waals surface area contributed by atoms with E-state index in [0.717, 1.165) is 6.08 Å². The molecule has 0 aliphatic carbocycles. The molecule has 0 saturated carbocycles. The molecule has 0 aliphatic rings. The highest BCUT2D eigenvalue weighted by molar-refractivity contribution is 6.35. The zero-order valence-electron chi connectivity index (χ0n) is 10.1. The average Bonchev–Trinajstić information content (AvgIpc) is 2.39. The lowest BCUT2D eigenvalue weighted by molar-refractivity contribution is -0.131. The minimum absolute atomic E-state index is 0.310. The Morgan fingerprint density at radius 3 is 2.50 bits per heavy atom. The first kappa shape index (κ1) is 14.6. The van der Waals surface area contributed by atoms with E-state index >= 15 is 0 Å². The molecule has 0 heterocycles. The number of aliphatic carboxylic acids is 1. The highest BCUT2D eigenvalue weighted by atomic mass is 35.5. The van der Waals surface area contributed by atoms with Crippen LogP contribution in [0.2, 0.25) is 10.0 Å². The van der Waals surface area contributed by atoms with Crippen LogP contribution in [-0.2, 0) is 4.79 Å². The molecule has 0 bridgehead atoms. The van der Waals surface area contributed by atoms with Crippen molar-refractivity contribution in [2.75, 3.05) is 0 Å². The van der Waals surface area contributed by atoms with Gasteiger partial charge in [-0.3, -0.25) is 0 Å². The van der Waals surface area contributed by atoms with Crippen LogP contribution < -0.4 is 0 Å². The second-order valence-electron chi connectivity index (χ2n) is 4.04. The van der Waals surface area contributed by atoms with Gasteiger partial charge in [-0.25, -0.2) is 9.18 Å². The summed E-state index contributed by atoms with van der Waals surface area (Å²) in [5.41, 5.74) is 1.25. The van der Waals surface area contributed by atoms with Crippen molar-refractivity contribution in [3.8, 4) is 11.1 Å². The van der Waals surface area contributed by atoms with Gasteiger partial charge in [-0.2, -0.15) is 0 Å². The lowest BCUT2D eigenvalue weighted by atomic mass is 10.0. The predicted molar refractivity (Wildman–Crippen MR) is 78.5 cm³/mol. The van der Waals surface area contributed by atoms with Crippen molar-refractivity contribution in [3.63, 3.8) is 0 Å². The minimum Gasteiger partial charge on any atom is -0.478 e. The maximum absolute atomic E-state index is 14.1. The number of carboxylic acid groups (broad SMARTS) is 1. The van der Waals surface area contributed by atoms with Gasteiger partial charge in [0.15, 0.2) is 0 Å². The summed E-state index contributed by atoms with van der Waals surface area (Å²) < 4.78 is 14.1. The molecule has 5 heteroatoms. The van der Waals surface area contributed by atoms with Crippen LogP contribution in [0, 0.1) is 5.82 Å². The number of halogens is 3. The normalized spacial score (nSPS) is 10.9. The van der Waals surface area contributed by atoms with E-state index in [-0.39, 0.29) is 0 Å². The molecule has 20 heavy (non-hydrogen) atoms. The molecule has 1 N–H and O–H groups in total. The molecule has 2 rings (SSSR count). The third-order valence-electron chi connectivity index (χ3n) is 2.63. The second-order valence-corrected chi connectivity index (χ2v) is 4.88. The Kier molecular flexibility index (Phi) is 4.42. The lowest BCUT2D eigenvalue weighted by Gasteiger charge is -2.07. The van der Waals surface area contributed by atoms with E-state index in [9.17, 15) is 9.18 Å². The van der Waals surface area contributed by atoms with Crippen molar-refractivity contribution in [1.29, 1.82) is 0 Å². The van der Waals surface area contributed by atoms with Gasteiger partial charge < -0.3 is 5.11 Å². The molecule has 0 unspecified atom stereocenters. The number of benzene rings is 2. The Balaban J connectivity index is 2.44. The summed E-state index contributed by atoms with van der Waals surface area (Å²) in [6.07, 6.45) is 2.26. The molecule has 0 radical (unpaired) electrons. The fraction of sp³-hybridized carbons (Fsp3) is 0. The predicted octanol–water partition coefficient (Wildman–Crippen LogP) is 4.90. The van der Waals surface area contributed by atoms with Gasteiger partial charge in [-0.05, 0) is 35.9 Å². The van der Waals surface area contributed by atoms with E-state index in [4.69, 9.17) is 28.3 Å². The number of hydrogen-bond acceptors (Lipinski definition) is 1. The van der Waals surface area contributed by atoms with Gasteiger partial charge in [-0.1, -0.05) is 35.3 Å². The largest absolute Gasteiger partial charge is 0.478 e. The molecule has 0 fully saturated rings. The Hall–Kier alpha value is -1.84. The molecule has 2 aromatic carbocycles. The molecule has 0 atom stereocenters. The highest BCUT2D eigenvalue weighted by Gasteiger charge is 2.10. The zero-order valence-corrected chi connectivity index (χ0v) is 11.6. The average molecular weight is 311 g/mol. The number of rotatable bonds is 3. The summed E-state index contributed by atoms with van der Waals surface area (Å²) in [5.74, 6) is -1.59. The van der Waals surface area contributed by atoms with Crippen LogP contribution >= 0.6 is 23.2 Å². The fourth-order valence-corrected chi connectivity index (χ4v) is 2.12. The highest BCUT2D eigenvalue weighted by Crippen LogP contribution is 2.32. The summed E-state index contributed by atoms with van der Waals surface area (Å²) >= 11 is 11.9. The number of hydrogen-bond donors (Lipinski definition) is 1. The van der Waals surface area contributed by atoms with Gasteiger partial charge in [0.2, 0.25) is 0 Å². The third-order valence-corrected chi connectivity index (χ3v) is 3.19. The van der Waals surface area contributed by atoms with Crippen molar-refractivity contribution in [2.24, 2.45) is 0 Å². The molecule has 0 amide bonds. The van der Waals surface area contributed by atoms with E-state index < -0.39 is 11.8 Å². The van der Waals surface area contributed by atoms with E-state index in [1.807, 2.05) is 0 Å². The van der Waals surface area contributed by atoms with E-state index in [2.05, 4.69) is 0 Å². The Bertz CT molecular complexity index is 696. The first-order valence-corrected chi connectivity index (χ1v) is 6.39. The Labute approximate surface area is 125 Å². The van der Waals surface area contributed by atoms with Crippen LogP contribution in [0.15, 0.2) is 42.5 Å². The maximum Gasteiger partial charge on any atom is 0.328 e. The van der Waals surface area contributed by atoms with Crippen LogP contribution in [-0.4, -0.2) is 11.1 Å². The van der Waals surface area contributed by atoms with Crippen molar-refractivity contribution in [3.05, 3.63) is 63.9 Å². The topological polar surface area (TPSA) is 37.3 Å². The summed E-state index contributed by atoms with van der Waals surface area (Å²) in [6, 6.07) is 9.18. The molecular weight excluding hydrogens is 302 g/mol. The molecule has 0 saturated heterocycles. The van der Waals surface area contributed by atoms with Crippen LogP contribution in [0.3, 0.4) is 0 Å². The zero-order chi connectivity index (χ0) is 14.7. The van der Waals surface area contributed by atoms with Gasteiger partial charge in [0.1, 0.15) is 5.82 Å². The van der Waals surface area contributed by atoms with Crippen molar-refractivity contribution in [1.82, 2.24) is 0 Å². The van der Waals surface area contributed by atoms with Crippen molar-refractivity contribution < 1.29 is 14.3 Å². The first-order valence-electron chi connectivity index (χ1n) is 5.63. The number of carboxylic acids is 1. The first-order chi connectivity index (χ1) is 9.47. The SMILES string of the molecule is O=C(O)/C=C/c1ccc(-c2cc(Cl)ccc2Cl)c(F)c1. The molecule has 0 spiro atoms. The molecule has 2 aromatic rings. The lowest BCUT2D eigenvalue weighted by Crippen LogP contribution is -1.89. The van der Waals surface area contributed by atoms with Crippen LogP contribution in [0.4, 0.5) is 4.39 Å². The maximum atomic E-state index is 14.1. The Morgan fingerprint density at radius 1 is 1.10 bits per heavy atom. The van der Waals surface area contributed by atoms with Crippen molar-refractivity contribution in [2.45, 2.75) is 0 Å². The number of carbonyl (C=O) groups is 1. The van der Waals surface area contributed by atoms with E-state index in [1.165, 1.54) is 18.2 Å². The summed E-state index contributed by atoms with van der Waals surface area (Å²) in [4.78, 5) is 10.4. The monoisotopic (exact) mass is 310 g/mol. The van der Waals surface area contributed by atoms with Crippen LogP contribution in [0.1, 0.15) is 5.56 Å². The van der Waals surface area contributed by atoms with Gasteiger partial charge in [0, 0.05) is 27.2 Å². The summed E-state index contributed by atoms with van der Waals surface area (Å²) in [6.45, 7) is 0. The van der Waals surface area contributed by atoms with Crippen LogP contribution in [0.25, 0.3) is 17.2 Å². The smallest absolute Gasteiger partial charge is 0.328 e. The van der Waals surface area contributed by atoms with Gasteiger partial charge in [0.05, 0.1) is 0 Å². The van der Waals surface area contributed by atoms with E-state index in [0.29, 0.717) is 26.7 Å². The van der Waals surface area contributed by atoms with Gasteiger partial charge in [0.25, 0.3) is 0 Å². The fourth-order valence-electron chi connectivity index (χ4n) is 1.72. The van der Waals surface area contributed by atoms with Gasteiger partial charge >= 0.3 is 5.97 Å². The molecule has 102 valence electrons. The molecule has 0 aromatic heterocycles. The molecule has 0 aliphatic heterocycles. The van der Waals surface area contributed by atoms with E-state index in [1.54, 1.807) is 24.3 Å². The standard InChI is InChI=1S/C15H9Cl2FO2/c16-10-3-5-13(17)12(8-10)11-4-1-9(7-14(11)18)2-6-15(19)20/h1-8H,(H,19,20)/b6-2+.